The van der Waals surface area contributed by atoms with E-state index in [9.17, 15) is 4.79 Å². The van der Waals surface area contributed by atoms with Gasteiger partial charge in [0.1, 0.15) is 5.75 Å². The monoisotopic (exact) mass is 286 g/mol. The highest BCUT2D eigenvalue weighted by Gasteiger charge is 2.13. The Morgan fingerprint density at radius 2 is 2.12 bits per heavy atom. The highest BCUT2D eigenvalue weighted by Crippen LogP contribution is 2.34. The average molecular weight is 287 g/mol. The van der Waals surface area contributed by atoms with Gasteiger partial charge in [-0.05, 0) is 52.9 Å². The predicted molar refractivity (Wildman–Crippen MR) is 66.1 cm³/mol. The van der Waals surface area contributed by atoms with Crippen LogP contribution >= 0.6 is 15.9 Å². The Morgan fingerprint density at radius 1 is 1.50 bits per heavy atom. The van der Waals surface area contributed by atoms with Crippen LogP contribution in [0.5, 0.6) is 5.75 Å². The highest BCUT2D eigenvalue weighted by atomic mass is 79.9. The molecule has 0 amide bonds. The quantitative estimate of drug-likeness (QED) is 0.925. The molecule has 3 nitrogen and oxygen atoms in total. The van der Waals surface area contributed by atoms with Crippen LogP contribution in [0.4, 0.5) is 0 Å². The number of methoxy groups -OCH3 is 1. The molecule has 0 aromatic heterocycles. The number of aliphatic carboxylic acids is 1. The Kier molecular flexibility index (Phi) is 4.35. The summed E-state index contributed by atoms with van der Waals surface area (Å²) in [5.41, 5.74) is 3.18. The van der Waals surface area contributed by atoms with E-state index >= 15 is 0 Å². The van der Waals surface area contributed by atoms with E-state index in [0.29, 0.717) is 6.42 Å². The summed E-state index contributed by atoms with van der Waals surface area (Å²) in [6.45, 7) is 4.01. The van der Waals surface area contributed by atoms with E-state index in [-0.39, 0.29) is 6.42 Å². The lowest BCUT2D eigenvalue weighted by molar-refractivity contribution is -0.136. The van der Waals surface area contributed by atoms with E-state index < -0.39 is 5.97 Å². The zero-order valence-corrected chi connectivity index (χ0v) is 11.2. The van der Waals surface area contributed by atoms with Crippen molar-refractivity contribution < 1.29 is 14.6 Å². The van der Waals surface area contributed by atoms with E-state index in [1.54, 1.807) is 7.11 Å². The number of carboxylic acid groups (broad SMARTS) is 1. The summed E-state index contributed by atoms with van der Waals surface area (Å²) >= 11 is 3.48. The number of carboxylic acids is 1. The minimum absolute atomic E-state index is 0.116. The van der Waals surface area contributed by atoms with Gasteiger partial charge in [0.05, 0.1) is 11.6 Å². The molecule has 88 valence electrons. The molecular formula is C12H15BrO3. The zero-order valence-electron chi connectivity index (χ0n) is 9.63. The van der Waals surface area contributed by atoms with Crippen LogP contribution in [0.15, 0.2) is 10.5 Å². The van der Waals surface area contributed by atoms with E-state index in [0.717, 1.165) is 26.9 Å². The molecule has 0 saturated heterocycles. The highest BCUT2D eigenvalue weighted by molar-refractivity contribution is 9.10. The lowest BCUT2D eigenvalue weighted by Crippen LogP contribution is -2.01. The molecule has 1 rings (SSSR count). The number of hydrogen-bond acceptors (Lipinski definition) is 2. The van der Waals surface area contributed by atoms with Crippen molar-refractivity contribution in [2.75, 3.05) is 7.11 Å². The Balaban J connectivity index is 3.12. The summed E-state index contributed by atoms with van der Waals surface area (Å²) in [4.78, 5) is 10.6. The average Bonchev–Trinajstić information content (AvgIpc) is 2.23. The molecule has 4 heteroatoms. The molecule has 0 fully saturated rings. The van der Waals surface area contributed by atoms with Gasteiger partial charge in [-0.3, -0.25) is 4.79 Å². The predicted octanol–water partition coefficient (Wildman–Crippen LogP) is 3.09. The Labute approximate surface area is 104 Å². The van der Waals surface area contributed by atoms with Gasteiger partial charge in [-0.15, -0.1) is 0 Å². The van der Waals surface area contributed by atoms with E-state index in [1.807, 2.05) is 19.9 Å². The fourth-order valence-electron chi connectivity index (χ4n) is 1.57. The second-order valence-electron chi connectivity index (χ2n) is 3.72. The van der Waals surface area contributed by atoms with Gasteiger partial charge in [0, 0.05) is 6.42 Å². The second-order valence-corrected chi connectivity index (χ2v) is 4.51. The molecular weight excluding hydrogens is 272 g/mol. The van der Waals surface area contributed by atoms with Crippen LogP contribution in [0.3, 0.4) is 0 Å². The lowest BCUT2D eigenvalue weighted by atomic mass is 10.0. The number of halogens is 1. The van der Waals surface area contributed by atoms with Crippen molar-refractivity contribution in [1.82, 2.24) is 0 Å². The van der Waals surface area contributed by atoms with Crippen molar-refractivity contribution in [1.29, 1.82) is 0 Å². The molecule has 0 heterocycles. The summed E-state index contributed by atoms with van der Waals surface area (Å²) in [5, 5.41) is 8.68. The molecule has 0 saturated carbocycles. The number of carbonyl (C=O) groups is 1. The molecule has 1 aromatic rings. The maximum atomic E-state index is 10.6. The first-order chi connectivity index (χ1) is 7.47. The molecule has 0 atom stereocenters. The largest absolute Gasteiger partial charge is 0.495 e. The van der Waals surface area contributed by atoms with Gasteiger partial charge in [0.25, 0.3) is 0 Å². The fraction of sp³-hybridized carbons (Fsp3) is 0.417. The number of aryl methyl sites for hydroxylation is 2. The van der Waals surface area contributed by atoms with Gasteiger partial charge in [-0.1, -0.05) is 6.07 Å². The second kappa shape index (κ2) is 5.34. The number of benzene rings is 1. The third-order valence-electron chi connectivity index (χ3n) is 2.61. The molecule has 0 radical (unpaired) electrons. The molecule has 0 aliphatic heterocycles. The van der Waals surface area contributed by atoms with Crippen LogP contribution in [0.25, 0.3) is 0 Å². The normalized spacial score (nSPS) is 10.2. The van der Waals surface area contributed by atoms with Crippen LogP contribution in [0.2, 0.25) is 0 Å². The Hall–Kier alpha value is -1.03. The summed E-state index contributed by atoms with van der Waals surface area (Å²) in [6.07, 6.45) is 0.601. The first-order valence-corrected chi connectivity index (χ1v) is 5.81. The fourth-order valence-corrected chi connectivity index (χ4v) is 2.30. The van der Waals surface area contributed by atoms with Crippen LogP contribution in [-0.4, -0.2) is 18.2 Å². The molecule has 0 spiro atoms. The lowest BCUT2D eigenvalue weighted by Gasteiger charge is -2.14. The van der Waals surface area contributed by atoms with Gasteiger partial charge in [0.2, 0.25) is 0 Å². The first kappa shape index (κ1) is 13.0. The van der Waals surface area contributed by atoms with Gasteiger partial charge >= 0.3 is 5.97 Å². The molecule has 0 bridgehead atoms. The number of ether oxygens (including phenoxy) is 1. The minimum Gasteiger partial charge on any atom is -0.495 e. The zero-order chi connectivity index (χ0) is 12.3. The Bertz CT molecular complexity index is 413. The Morgan fingerprint density at radius 3 is 2.62 bits per heavy atom. The van der Waals surface area contributed by atoms with Crippen molar-refractivity contribution in [2.24, 2.45) is 0 Å². The molecule has 0 unspecified atom stereocenters. The summed E-state index contributed by atoms with van der Waals surface area (Å²) in [7, 11) is 1.60. The van der Waals surface area contributed by atoms with Crippen LogP contribution in [0, 0.1) is 13.8 Å². The molecule has 0 aliphatic carbocycles. The van der Waals surface area contributed by atoms with Gasteiger partial charge < -0.3 is 9.84 Å². The summed E-state index contributed by atoms with van der Waals surface area (Å²) < 4.78 is 6.22. The van der Waals surface area contributed by atoms with E-state index in [4.69, 9.17) is 9.84 Å². The minimum atomic E-state index is -0.795. The maximum Gasteiger partial charge on any atom is 0.303 e. The van der Waals surface area contributed by atoms with Crippen molar-refractivity contribution in [3.8, 4) is 5.75 Å². The smallest absolute Gasteiger partial charge is 0.303 e. The van der Waals surface area contributed by atoms with Crippen LogP contribution in [-0.2, 0) is 11.2 Å². The van der Waals surface area contributed by atoms with Crippen molar-refractivity contribution in [3.05, 3.63) is 27.2 Å². The topological polar surface area (TPSA) is 46.5 Å². The van der Waals surface area contributed by atoms with Gasteiger partial charge in [0.15, 0.2) is 0 Å². The third kappa shape index (κ3) is 2.76. The van der Waals surface area contributed by atoms with Crippen LogP contribution in [0.1, 0.15) is 23.1 Å². The van der Waals surface area contributed by atoms with Gasteiger partial charge in [-0.25, -0.2) is 0 Å². The number of hydrogen-bond donors (Lipinski definition) is 1. The van der Waals surface area contributed by atoms with Gasteiger partial charge in [-0.2, -0.15) is 0 Å². The van der Waals surface area contributed by atoms with Crippen molar-refractivity contribution in [2.45, 2.75) is 26.7 Å². The van der Waals surface area contributed by atoms with Crippen molar-refractivity contribution in [3.63, 3.8) is 0 Å². The van der Waals surface area contributed by atoms with E-state index in [1.165, 1.54) is 0 Å². The summed E-state index contributed by atoms with van der Waals surface area (Å²) in [6, 6.07) is 1.99. The number of rotatable bonds is 4. The maximum absolute atomic E-state index is 10.6. The van der Waals surface area contributed by atoms with Crippen LogP contribution < -0.4 is 4.74 Å². The van der Waals surface area contributed by atoms with Crippen molar-refractivity contribution >= 4 is 21.9 Å². The summed E-state index contributed by atoms with van der Waals surface area (Å²) in [5.74, 6) is -0.0549. The first-order valence-electron chi connectivity index (χ1n) is 5.01. The molecule has 1 aromatic carbocycles. The molecule has 1 N–H and O–H groups in total. The SMILES string of the molecule is COc1c(CCC(=O)O)cc(C)c(C)c1Br. The standard InChI is InChI=1S/C12H15BrO3/c1-7-6-9(4-5-10(14)15)12(16-3)11(13)8(7)2/h6H,4-5H2,1-3H3,(H,14,15). The third-order valence-corrected chi connectivity index (χ3v) is 3.57. The van der Waals surface area contributed by atoms with E-state index in [2.05, 4.69) is 15.9 Å². The molecule has 16 heavy (non-hydrogen) atoms. The molecule has 0 aliphatic rings.